The number of carbonyl (C=O) groups excluding carboxylic acids is 1. The first-order valence-electron chi connectivity index (χ1n) is 7.55. The fraction of sp³-hybridized carbons (Fsp3) is 0.111. The Morgan fingerprint density at radius 1 is 1.08 bits per heavy atom. The Morgan fingerprint density at radius 3 is 2.64 bits per heavy atom. The molecular formula is C18H15ClN2O4. The molecule has 3 rings (SSSR count). The average Bonchev–Trinajstić information content (AvgIpc) is 3.12. The highest BCUT2D eigenvalue weighted by molar-refractivity contribution is 6.33. The van der Waals surface area contributed by atoms with E-state index in [-0.39, 0.29) is 12.3 Å². The molecule has 0 aliphatic heterocycles. The number of ether oxygens (including phenoxy) is 1. The molecule has 0 atom stereocenters. The van der Waals surface area contributed by atoms with Crippen molar-refractivity contribution < 1.29 is 18.9 Å². The summed E-state index contributed by atoms with van der Waals surface area (Å²) in [6.45, 7) is 0.490. The van der Waals surface area contributed by atoms with Crippen LogP contribution in [0.2, 0.25) is 5.02 Å². The second-order valence-electron chi connectivity index (χ2n) is 5.00. The van der Waals surface area contributed by atoms with Gasteiger partial charge in [0.15, 0.2) is 11.5 Å². The minimum absolute atomic E-state index is 0.0962. The number of halogens is 1. The number of nitrogens with one attached hydrogen (secondary N) is 1. The van der Waals surface area contributed by atoms with Crippen molar-refractivity contribution in [2.24, 2.45) is 0 Å². The lowest BCUT2D eigenvalue weighted by Gasteiger charge is -2.06. The Morgan fingerprint density at radius 2 is 1.84 bits per heavy atom. The molecule has 0 unspecified atom stereocenters. The summed E-state index contributed by atoms with van der Waals surface area (Å²) in [5.41, 5.74) is 3.05. The third kappa shape index (κ3) is 4.59. The van der Waals surface area contributed by atoms with Gasteiger partial charge in [0.1, 0.15) is 19.0 Å². The molecule has 1 aromatic heterocycles. The highest BCUT2D eigenvalue weighted by Crippen LogP contribution is 2.27. The van der Waals surface area contributed by atoms with Crippen molar-refractivity contribution in [2.45, 2.75) is 0 Å². The average molecular weight is 359 g/mol. The monoisotopic (exact) mass is 358 g/mol. The molecule has 3 aromatic rings. The normalized spacial score (nSPS) is 10.4. The van der Waals surface area contributed by atoms with Gasteiger partial charge in [0.2, 0.25) is 0 Å². The number of hydroxylamine groups is 1. The highest BCUT2D eigenvalue weighted by Gasteiger charge is 2.15. The molecule has 0 bridgehead atoms. The number of aromatic nitrogens is 1. The summed E-state index contributed by atoms with van der Waals surface area (Å²) >= 11 is 6.09. The van der Waals surface area contributed by atoms with Crippen molar-refractivity contribution in [1.29, 1.82) is 0 Å². The van der Waals surface area contributed by atoms with Gasteiger partial charge in [0.05, 0.1) is 5.02 Å². The molecule has 0 fully saturated rings. The van der Waals surface area contributed by atoms with Gasteiger partial charge < -0.3 is 9.26 Å². The quantitative estimate of drug-likeness (QED) is 0.514. The largest absolute Gasteiger partial charge is 0.491 e. The molecule has 2 aromatic carbocycles. The summed E-state index contributed by atoms with van der Waals surface area (Å²) in [6.07, 6.45) is 0. The van der Waals surface area contributed by atoms with Crippen LogP contribution in [-0.4, -0.2) is 24.3 Å². The maximum atomic E-state index is 12.0. The number of nitrogens with zero attached hydrogens (tertiary/aromatic N) is 1. The van der Waals surface area contributed by atoms with E-state index in [1.54, 1.807) is 18.2 Å². The Labute approximate surface area is 149 Å². The molecule has 25 heavy (non-hydrogen) atoms. The molecule has 0 saturated carbocycles. The summed E-state index contributed by atoms with van der Waals surface area (Å²) in [6, 6.07) is 18.0. The van der Waals surface area contributed by atoms with Crippen LogP contribution < -0.4 is 10.2 Å². The molecule has 1 heterocycles. The zero-order valence-electron chi connectivity index (χ0n) is 13.1. The van der Waals surface area contributed by atoms with Crippen molar-refractivity contribution in [3.63, 3.8) is 0 Å². The van der Waals surface area contributed by atoms with Crippen molar-refractivity contribution in [3.8, 4) is 17.1 Å². The zero-order valence-corrected chi connectivity index (χ0v) is 13.9. The number of hydrogen-bond donors (Lipinski definition) is 1. The molecule has 128 valence electrons. The lowest BCUT2D eigenvalue weighted by Crippen LogP contribution is -2.26. The van der Waals surface area contributed by atoms with E-state index in [0.29, 0.717) is 23.0 Å². The molecule has 0 spiro atoms. The Kier molecular flexibility index (Phi) is 5.66. The van der Waals surface area contributed by atoms with Crippen LogP contribution in [0.1, 0.15) is 10.5 Å². The molecule has 6 nitrogen and oxygen atoms in total. The summed E-state index contributed by atoms with van der Waals surface area (Å²) in [5, 5.41) is 4.24. The number of amides is 1. The van der Waals surface area contributed by atoms with E-state index in [2.05, 4.69) is 10.6 Å². The number of benzene rings is 2. The summed E-state index contributed by atoms with van der Waals surface area (Å²) < 4.78 is 10.6. The molecule has 7 heteroatoms. The second kappa shape index (κ2) is 8.32. The van der Waals surface area contributed by atoms with Gasteiger partial charge in [-0.25, -0.2) is 5.48 Å². The number of rotatable bonds is 7. The first kappa shape index (κ1) is 17.0. The third-order valence-corrected chi connectivity index (χ3v) is 3.57. The van der Waals surface area contributed by atoms with Crippen LogP contribution in [0.4, 0.5) is 0 Å². The van der Waals surface area contributed by atoms with Crippen molar-refractivity contribution >= 4 is 17.5 Å². The van der Waals surface area contributed by atoms with Crippen LogP contribution in [0, 0.1) is 0 Å². The SMILES string of the molecule is O=C(NOCCOc1ccccc1)c1cc(-c2ccccc2Cl)on1. The van der Waals surface area contributed by atoms with E-state index in [1.165, 1.54) is 6.07 Å². The molecular weight excluding hydrogens is 344 g/mol. The van der Waals surface area contributed by atoms with Crippen molar-refractivity contribution in [3.05, 3.63) is 71.4 Å². The molecule has 1 amide bonds. The first-order chi connectivity index (χ1) is 12.2. The van der Waals surface area contributed by atoms with Gasteiger partial charge >= 0.3 is 0 Å². The van der Waals surface area contributed by atoms with E-state index >= 15 is 0 Å². The predicted octanol–water partition coefficient (Wildman–Crippen LogP) is 3.74. The molecule has 0 radical (unpaired) electrons. The van der Waals surface area contributed by atoms with Crippen LogP contribution in [0.3, 0.4) is 0 Å². The summed E-state index contributed by atoms with van der Waals surface area (Å²) in [4.78, 5) is 17.1. The number of para-hydroxylation sites is 1. The topological polar surface area (TPSA) is 73.6 Å². The summed E-state index contributed by atoms with van der Waals surface area (Å²) in [7, 11) is 0. The molecule has 1 N–H and O–H groups in total. The third-order valence-electron chi connectivity index (χ3n) is 3.24. The van der Waals surface area contributed by atoms with Gasteiger partial charge in [-0.05, 0) is 24.3 Å². The van der Waals surface area contributed by atoms with Gasteiger partial charge in [-0.1, -0.05) is 47.1 Å². The minimum atomic E-state index is -0.512. The van der Waals surface area contributed by atoms with Gasteiger partial charge in [0, 0.05) is 11.6 Å². The van der Waals surface area contributed by atoms with E-state index in [1.807, 2.05) is 36.4 Å². The maximum absolute atomic E-state index is 12.0. The van der Waals surface area contributed by atoms with Crippen molar-refractivity contribution in [1.82, 2.24) is 10.6 Å². The van der Waals surface area contributed by atoms with E-state index in [4.69, 9.17) is 25.7 Å². The first-order valence-corrected chi connectivity index (χ1v) is 7.93. The van der Waals surface area contributed by atoms with Gasteiger partial charge in [-0.3, -0.25) is 9.63 Å². The van der Waals surface area contributed by atoms with E-state index in [0.717, 1.165) is 5.75 Å². The van der Waals surface area contributed by atoms with E-state index in [9.17, 15) is 4.79 Å². The fourth-order valence-electron chi connectivity index (χ4n) is 2.06. The van der Waals surface area contributed by atoms with Gasteiger partial charge in [-0.2, -0.15) is 0 Å². The number of hydrogen-bond acceptors (Lipinski definition) is 5. The maximum Gasteiger partial charge on any atom is 0.297 e. The van der Waals surface area contributed by atoms with Crippen molar-refractivity contribution in [2.75, 3.05) is 13.2 Å². The molecule has 0 aliphatic carbocycles. The van der Waals surface area contributed by atoms with Gasteiger partial charge in [-0.15, -0.1) is 0 Å². The molecule has 0 saturated heterocycles. The zero-order chi connectivity index (χ0) is 17.5. The van der Waals surface area contributed by atoms with Crippen LogP contribution in [-0.2, 0) is 4.84 Å². The Bertz CT molecular complexity index is 836. The second-order valence-corrected chi connectivity index (χ2v) is 5.40. The lowest BCUT2D eigenvalue weighted by atomic mass is 10.1. The van der Waals surface area contributed by atoms with Crippen LogP contribution in [0.25, 0.3) is 11.3 Å². The van der Waals surface area contributed by atoms with Crippen LogP contribution >= 0.6 is 11.6 Å². The van der Waals surface area contributed by atoms with E-state index < -0.39 is 5.91 Å². The lowest BCUT2D eigenvalue weighted by molar-refractivity contribution is 0.0194. The van der Waals surface area contributed by atoms with Crippen LogP contribution in [0.15, 0.2) is 65.2 Å². The van der Waals surface area contributed by atoms with Crippen LogP contribution in [0.5, 0.6) is 5.75 Å². The smallest absolute Gasteiger partial charge is 0.297 e. The Hall–Kier alpha value is -2.83. The predicted molar refractivity (Wildman–Crippen MR) is 92.3 cm³/mol. The summed E-state index contributed by atoms with van der Waals surface area (Å²) in [5.74, 6) is 0.628. The minimum Gasteiger partial charge on any atom is -0.491 e. The Balaban J connectivity index is 1.47. The van der Waals surface area contributed by atoms with Gasteiger partial charge in [0.25, 0.3) is 5.91 Å². The standard InChI is InChI=1S/C18H15ClN2O4/c19-15-9-5-4-8-14(15)17-12-16(20-25-17)18(22)21-24-11-10-23-13-6-2-1-3-7-13/h1-9,12H,10-11H2,(H,21,22). The fourth-order valence-corrected chi connectivity index (χ4v) is 2.29. The molecule has 0 aliphatic rings. The number of carbonyl (C=O) groups is 1. The highest BCUT2D eigenvalue weighted by atomic mass is 35.5.